The first-order valence-corrected chi connectivity index (χ1v) is 6.13. The number of aromatic amines is 1. The second-order valence-electron chi connectivity index (χ2n) is 4.16. The van der Waals surface area contributed by atoms with Crippen molar-refractivity contribution in [3.63, 3.8) is 0 Å². The molecule has 2 aromatic heterocycles. The number of rotatable bonds is 1. The zero-order valence-electron chi connectivity index (χ0n) is 9.28. The summed E-state index contributed by atoms with van der Waals surface area (Å²) in [6.45, 7) is 0. The van der Waals surface area contributed by atoms with Gasteiger partial charge in [0.25, 0.3) is 0 Å². The lowest BCUT2D eigenvalue weighted by Gasteiger charge is -2.07. The Bertz CT molecular complexity index is 523. The minimum Gasteiger partial charge on any atom is -0.257 e. The molecular formula is C11H12ClN5. The van der Waals surface area contributed by atoms with Gasteiger partial charge in [-0.2, -0.15) is 5.10 Å². The first kappa shape index (κ1) is 10.7. The van der Waals surface area contributed by atoms with E-state index in [2.05, 4.69) is 25.1 Å². The molecule has 0 unspecified atom stereocenters. The van der Waals surface area contributed by atoms with Gasteiger partial charge in [0.1, 0.15) is 11.5 Å². The molecule has 2 heterocycles. The molecule has 6 heteroatoms. The number of H-pyrrole nitrogens is 1. The summed E-state index contributed by atoms with van der Waals surface area (Å²) >= 11 is 6.22. The molecule has 0 saturated carbocycles. The normalized spacial score (nSPS) is 15.4. The minimum atomic E-state index is 0.535. The summed E-state index contributed by atoms with van der Waals surface area (Å²) in [4.78, 5) is 12.9. The zero-order valence-corrected chi connectivity index (χ0v) is 10.0. The van der Waals surface area contributed by atoms with E-state index >= 15 is 0 Å². The summed E-state index contributed by atoms with van der Waals surface area (Å²) in [5.74, 6) is 1.10. The van der Waals surface area contributed by atoms with Crippen molar-refractivity contribution in [2.75, 3.05) is 0 Å². The van der Waals surface area contributed by atoms with Gasteiger partial charge in [-0.3, -0.25) is 5.10 Å². The van der Waals surface area contributed by atoms with E-state index in [0.717, 1.165) is 36.9 Å². The first-order chi connectivity index (χ1) is 8.34. The summed E-state index contributed by atoms with van der Waals surface area (Å²) in [6, 6.07) is 0. The standard InChI is InChI=1S/C11H12ClN5/c12-9-7-4-2-1-3-5-8(7)15-11(16-9)10-13-6-14-17-10/h6H,1-5H2,(H,13,14,17). The van der Waals surface area contributed by atoms with E-state index in [9.17, 15) is 0 Å². The van der Waals surface area contributed by atoms with Gasteiger partial charge in [-0.1, -0.05) is 18.0 Å². The number of halogens is 1. The van der Waals surface area contributed by atoms with Gasteiger partial charge in [-0.05, 0) is 25.7 Å². The van der Waals surface area contributed by atoms with E-state index < -0.39 is 0 Å². The van der Waals surface area contributed by atoms with E-state index in [-0.39, 0.29) is 0 Å². The summed E-state index contributed by atoms with van der Waals surface area (Å²) in [5.41, 5.74) is 2.17. The Morgan fingerprint density at radius 3 is 2.82 bits per heavy atom. The molecule has 88 valence electrons. The molecule has 0 aromatic carbocycles. The summed E-state index contributed by atoms with van der Waals surface area (Å²) in [7, 11) is 0. The largest absolute Gasteiger partial charge is 0.257 e. The van der Waals surface area contributed by atoms with Gasteiger partial charge in [0.05, 0.1) is 0 Å². The average molecular weight is 250 g/mol. The molecule has 17 heavy (non-hydrogen) atoms. The third-order valence-corrected chi connectivity index (χ3v) is 3.32. The van der Waals surface area contributed by atoms with Crippen LogP contribution in [0.25, 0.3) is 11.6 Å². The predicted octanol–water partition coefficient (Wildman–Crippen LogP) is 2.18. The van der Waals surface area contributed by atoms with Crippen molar-refractivity contribution < 1.29 is 0 Å². The van der Waals surface area contributed by atoms with Gasteiger partial charge in [0.15, 0.2) is 11.6 Å². The van der Waals surface area contributed by atoms with Crippen molar-refractivity contribution in [2.24, 2.45) is 0 Å². The molecule has 0 fully saturated rings. The third-order valence-electron chi connectivity index (χ3n) is 3.01. The number of hydrogen-bond donors (Lipinski definition) is 1. The molecule has 0 amide bonds. The van der Waals surface area contributed by atoms with Crippen molar-refractivity contribution in [1.29, 1.82) is 0 Å². The van der Waals surface area contributed by atoms with Crippen LogP contribution in [-0.2, 0) is 12.8 Å². The molecule has 0 bridgehead atoms. The highest BCUT2D eigenvalue weighted by Gasteiger charge is 2.17. The molecule has 0 spiro atoms. The average Bonchev–Trinajstić information content (AvgIpc) is 2.75. The van der Waals surface area contributed by atoms with Crippen LogP contribution in [0.15, 0.2) is 6.33 Å². The summed E-state index contributed by atoms with van der Waals surface area (Å²) in [6.07, 6.45) is 6.94. The Labute approximate surface area is 104 Å². The SMILES string of the molecule is Clc1nc(-c2ncn[nH]2)nc2c1CCCCC2. The van der Waals surface area contributed by atoms with Crippen LogP contribution < -0.4 is 0 Å². The highest BCUT2D eigenvalue weighted by molar-refractivity contribution is 6.30. The van der Waals surface area contributed by atoms with E-state index in [1.807, 2.05) is 0 Å². The van der Waals surface area contributed by atoms with Crippen molar-refractivity contribution >= 4 is 11.6 Å². The fraction of sp³-hybridized carbons (Fsp3) is 0.455. The van der Waals surface area contributed by atoms with Gasteiger partial charge in [-0.15, -0.1) is 0 Å². The molecule has 3 rings (SSSR count). The monoisotopic (exact) mass is 249 g/mol. The van der Waals surface area contributed by atoms with Crippen LogP contribution in [0, 0.1) is 0 Å². The van der Waals surface area contributed by atoms with Gasteiger partial charge in [0.2, 0.25) is 0 Å². The number of nitrogens with zero attached hydrogens (tertiary/aromatic N) is 4. The molecule has 0 aliphatic heterocycles. The van der Waals surface area contributed by atoms with E-state index in [0.29, 0.717) is 16.8 Å². The molecule has 5 nitrogen and oxygen atoms in total. The highest BCUT2D eigenvalue weighted by atomic mass is 35.5. The van der Waals surface area contributed by atoms with Crippen LogP contribution in [0.2, 0.25) is 5.15 Å². The number of hydrogen-bond acceptors (Lipinski definition) is 4. The van der Waals surface area contributed by atoms with Crippen molar-refractivity contribution in [1.82, 2.24) is 25.1 Å². The second-order valence-corrected chi connectivity index (χ2v) is 4.52. The van der Waals surface area contributed by atoms with Crippen LogP contribution in [-0.4, -0.2) is 25.1 Å². The van der Waals surface area contributed by atoms with Crippen molar-refractivity contribution in [3.8, 4) is 11.6 Å². The second kappa shape index (κ2) is 4.41. The highest BCUT2D eigenvalue weighted by Crippen LogP contribution is 2.26. The lowest BCUT2D eigenvalue weighted by atomic mass is 10.1. The zero-order chi connectivity index (χ0) is 11.7. The quantitative estimate of drug-likeness (QED) is 0.621. The van der Waals surface area contributed by atoms with Crippen LogP contribution in [0.1, 0.15) is 30.5 Å². The van der Waals surface area contributed by atoms with E-state index in [1.54, 1.807) is 0 Å². The molecule has 0 saturated heterocycles. The van der Waals surface area contributed by atoms with Crippen LogP contribution in [0.5, 0.6) is 0 Å². The fourth-order valence-electron chi connectivity index (χ4n) is 2.14. The maximum absolute atomic E-state index is 6.22. The maximum Gasteiger partial charge on any atom is 0.198 e. The molecule has 0 radical (unpaired) electrons. The van der Waals surface area contributed by atoms with Crippen LogP contribution in [0.3, 0.4) is 0 Å². The van der Waals surface area contributed by atoms with Gasteiger partial charge in [0, 0.05) is 11.3 Å². The fourth-order valence-corrected chi connectivity index (χ4v) is 2.43. The first-order valence-electron chi connectivity index (χ1n) is 5.75. The molecule has 2 aromatic rings. The van der Waals surface area contributed by atoms with Crippen LogP contribution in [0.4, 0.5) is 0 Å². The molecule has 1 aliphatic rings. The molecular weight excluding hydrogens is 238 g/mol. The predicted molar refractivity (Wildman–Crippen MR) is 63.7 cm³/mol. The van der Waals surface area contributed by atoms with E-state index in [1.165, 1.54) is 12.7 Å². The summed E-state index contributed by atoms with van der Waals surface area (Å²) in [5, 5.41) is 7.12. The van der Waals surface area contributed by atoms with Gasteiger partial charge in [-0.25, -0.2) is 15.0 Å². The number of nitrogens with one attached hydrogen (secondary N) is 1. The molecule has 0 atom stereocenters. The van der Waals surface area contributed by atoms with Gasteiger partial charge < -0.3 is 0 Å². The summed E-state index contributed by atoms with van der Waals surface area (Å²) < 4.78 is 0. The molecule has 1 N–H and O–H groups in total. The minimum absolute atomic E-state index is 0.535. The van der Waals surface area contributed by atoms with Crippen molar-refractivity contribution in [3.05, 3.63) is 22.7 Å². The Balaban J connectivity index is 2.09. The Kier molecular flexibility index (Phi) is 2.76. The third kappa shape index (κ3) is 2.02. The lowest BCUT2D eigenvalue weighted by Crippen LogP contribution is -2.02. The topological polar surface area (TPSA) is 67.3 Å². The number of aromatic nitrogens is 5. The Morgan fingerprint density at radius 2 is 2.00 bits per heavy atom. The maximum atomic E-state index is 6.22. The van der Waals surface area contributed by atoms with E-state index in [4.69, 9.17) is 11.6 Å². The smallest absolute Gasteiger partial charge is 0.198 e. The molecule has 1 aliphatic carbocycles. The number of fused-ring (bicyclic) bond motifs is 1. The van der Waals surface area contributed by atoms with Crippen LogP contribution >= 0.6 is 11.6 Å². The lowest BCUT2D eigenvalue weighted by molar-refractivity contribution is 0.709. The Morgan fingerprint density at radius 1 is 1.12 bits per heavy atom. The Hall–Kier alpha value is -1.49. The van der Waals surface area contributed by atoms with Gasteiger partial charge >= 0.3 is 0 Å². The number of aryl methyl sites for hydroxylation is 1. The van der Waals surface area contributed by atoms with Crippen molar-refractivity contribution in [2.45, 2.75) is 32.1 Å².